The van der Waals surface area contributed by atoms with Crippen LogP contribution >= 0.6 is 0 Å². The molecule has 4 rings (SSSR count). The molecule has 1 atom stereocenters. The van der Waals surface area contributed by atoms with E-state index in [1.54, 1.807) is 24.3 Å². The van der Waals surface area contributed by atoms with Crippen LogP contribution in [0, 0.1) is 0 Å². The number of benzene rings is 1. The second-order valence-corrected chi connectivity index (χ2v) is 7.43. The van der Waals surface area contributed by atoms with Gasteiger partial charge in [0.1, 0.15) is 12.1 Å². The lowest BCUT2D eigenvalue weighted by Gasteiger charge is -2.44. The molecular weight excluding hydrogens is 378 g/mol. The number of carbonyl (C=O) groups excluding carboxylic acids is 5. The maximum Gasteiger partial charge on any atom is 0.416 e. The van der Waals surface area contributed by atoms with Gasteiger partial charge in [0.15, 0.2) is 0 Å². The van der Waals surface area contributed by atoms with Crippen LogP contribution in [0.15, 0.2) is 30.3 Å². The molecule has 3 aliphatic rings. The summed E-state index contributed by atoms with van der Waals surface area (Å²) in [5.74, 6) is -2.46. The Morgan fingerprint density at radius 2 is 1.79 bits per heavy atom. The summed E-state index contributed by atoms with van der Waals surface area (Å²) in [5.41, 5.74) is -0.488. The minimum atomic E-state index is -1.22. The fourth-order valence-electron chi connectivity index (χ4n) is 4.32. The Bertz CT molecular complexity index is 885. The van der Waals surface area contributed by atoms with Crippen molar-refractivity contribution in [3.8, 4) is 0 Å². The van der Waals surface area contributed by atoms with Gasteiger partial charge in [-0.2, -0.15) is 0 Å². The van der Waals surface area contributed by atoms with Crippen molar-refractivity contribution in [2.75, 3.05) is 19.7 Å². The summed E-state index contributed by atoms with van der Waals surface area (Å²) in [7, 11) is 0. The summed E-state index contributed by atoms with van der Waals surface area (Å²) in [6, 6.07) is 8.97. The summed E-state index contributed by atoms with van der Waals surface area (Å²) in [6.07, 6.45) is 0.247. The van der Waals surface area contributed by atoms with Crippen LogP contribution in [0.25, 0.3) is 0 Å². The maximum absolute atomic E-state index is 13.4. The summed E-state index contributed by atoms with van der Waals surface area (Å²) in [6.45, 7) is 0.639. The fraction of sp³-hybridized carbons (Fsp3) is 0.450. The smallest absolute Gasteiger partial charge is 0.416 e. The molecule has 0 saturated carbocycles. The molecule has 5 amide bonds. The molecule has 9 heteroatoms. The Morgan fingerprint density at radius 1 is 1.03 bits per heavy atom. The van der Waals surface area contributed by atoms with E-state index in [0.717, 1.165) is 15.4 Å². The number of hydrogen-bond acceptors (Lipinski definition) is 6. The van der Waals surface area contributed by atoms with E-state index < -0.39 is 35.3 Å². The molecule has 3 saturated heterocycles. The van der Waals surface area contributed by atoms with Gasteiger partial charge in [-0.15, -0.1) is 0 Å². The maximum atomic E-state index is 13.4. The molecular formula is C20H21N3O6. The van der Waals surface area contributed by atoms with Gasteiger partial charge in [0, 0.05) is 13.0 Å². The summed E-state index contributed by atoms with van der Waals surface area (Å²) in [4.78, 5) is 66.1. The van der Waals surface area contributed by atoms with Crippen molar-refractivity contribution in [3.63, 3.8) is 0 Å². The van der Waals surface area contributed by atoms with E-state index in [4.69, 9.17) is 4.74 Å². The summed E-state index contributed by atoms with van der Waals surface area (Å²) < 4.78 is 4.78. The highest BCUT2D eigenvalue weighted by molar-refractivity contribution is 6.40. The second kappa shape index (κ2) is 7.31. The van der Waals surface area contributed by atoms with Crippen molar-refractivity contribution in [1.29, 1.82) is 0 Å². The molecule has 152 valence electrons. The van der Waals surface area contributed by atoms with E-state index >= 15 is 0 Å². The average molecular weight is 399 g/mol. The van der Waals surface area contributed by atoms with E-state index in [1.165, 1.54) is 4.90 Å². The van der Waals surface area contributed by atoms with Gasteiger partial charge in [-0.3, -0.25) is 24.1 Å². The number of ether oxygens (including phenoxy) is 1. The summed E-state index contributed by atoms with van der Waals surface area (Å²) >= 11 is 0. The first-order valence-electron chi connectivity index (χ1n) is 9.63. The van der Waals surface area contributed by atoms with E-state index in [9.17, 15) is 24.0 Å². The highest BCUT2D eigenvalue weighted by atomic mass is 16.6. The van der Waals surface area contributed by atoms with Gasteiger partial charge >= 0.3 is 17.9 Å². The van der Waals surface area contributed by atoms with Crippen molar-refractivity contribution < 1.29 is 28.7 Å². The zero-order chi connectivity index (χ0) is 20.6. The number of fused-ring (bicyclic) bond motifs is 1. The largest absolute Gasteiger partial charge is 0.447 e. The highest BCUT2D eigenvalue weighted by Crippen LogP contribution is 2.39. The number of piperazine rings is 1. The molecule has 29 heavy (non-hydrogen) atoms. The van der Waals surface area contributed by atoms with Gasteiger partial charge in [0.25, 0.3) is 5.91 Å². The average Bonchev–Trinajstić information content (AvgIpc) is 3.36. The lowest BCUT2D eigenvalue weighted by atomic mass is 9.86. The van der Waals surface area contributed by atoms with Gasteiger partial charge in [-0.25, -0.2) is 9.69 Å². The summed E-state index contributed by atoms with van der Waals surface area (Å²) in [5, 5.41) is 0. The SMILES string of the molecule is O=C(CC[C@]12CCCN1C(=O)C(=O)N(Cc1ccccc1)C2=O)N1CCOC1=O. The Hall–Kier alpha value is -3.23. The molecule has 0 spiro atoms. The van der Waals surface area contributed by atoms with Crippen LogP contribution in [0.3, 0.4) is 0 Å². The van der Waals surface area contributed by atoms with Gasteiger partial charge in [-0.1, -0.05) is 30.3 Å². The molecule has 1 aromatic carbocycles. The Balaban J connectivity index is 1.57. The first kappa shape index (κ1) is 19.1. The van der Waals surface area contributed by atoms with Crippen LogP contribution < -0.4 is 0 Å². The van der Waals surface area contributed by atoms with Gasteiger partial charge in [-0.05, 0) is 24.8 Å². The van der Waals surface area contributed by atoms with Crippen molar-refractivity contribution in [2.24, 2.45) is 0 Å². The first-order chi connectivity index (χ1) is 13.9. The lowest BCUT2D eigenvalue weighted by molar-refractivity contribution is -0.173. The third-order valence-corrected chi connectivity index (χ3v) is 5.80. The van der Waals surface area contributed by atoms with Crippen LogP contribution in [0.1, 0.15) is 31.2 Å². The topological polar surface area (TPSA) is 104 Å². The predicted octanol–water partition coefficient (Wildman–Crippen LogP) is 0.676. The van der Waals surface area contributed by atoms with Gasteiger partial charge < -0.3 is 9.64 Å². The van der Waals surface area contributed by atoms with Crippen molar-refractivity contribution in [3.05, 3.63) is 35.9 Å². The molecule has 0 bridgehead atoms. The second-order valence-electron chi connectivity index (χ2n) is 7.43. The zero-order valence-electron chi connectivity index (χ0n) is 15.8. The predicted molar refractivity (Wildman–Crippen MR) is 98.0 cm³/mol. The zero-order valence-corrected chi connectivity index (χ0v) is 15.8. The third-order valence-electron chi connectivity index (χ3n) is 5.80. The standard InChI is InChI=1S/C20H21N3O6/c24-15(21-11-12-29-19(21)28)7-9-20-8-4-10-23(20)17(26)16(25)22(18(20)27)13-14-5-2-1-3-6-14/h1-3,5-6H,4,7-13H2/t20-/m0/s1. The Morgan fingerprint density at radius 3 is 2.48 bits per heavy atom. The quantitative estimate of drug-likeness (QED) is 0.533. The monoisotopic (exact) mass is 399 g/mol. The highest BCUT2D eigenvalue weighted by Gasteiger charge is 2.58. The van der Waals surface area contributed by atoms with E-state index in [2.05, 4.69) is 0 Å². The number of amides is 5. The van der Waals surface area contributed by atoms with Crippen LogP contribution in [-0.4, -0.2) is 69.7 Å². The van der Waals surface area contributed by atoms with E-state index in [1.807, 2.05) is 6.07 Å². The van der Waals surface area contributed by atoms with Crippen molar-refractivity contribution >= 4 is 29.7 Å². The third kappa shape index (κ3) is 3.16. The molecule has 0 radical (unpaired) electrons. The minimum absolute atomic E-state index is 0.00618. The number of nitrogens with zero attached hydrogens (tertiary/aromatic N) is 3. The van der Waals surface area contributed by atoms with E-state index in [0.29, 0.717) is 19.4 Å². The van der Waals surface area contributed by atoms with Crippen LogP contribution in [0.4, 0.5) is 4.79 Å². The van der Waals surface area contributed by atoms with Gasteiger partial charge in [0.2, 0.25) is 5.91 Å². The number of imide groups is 2. The first-order valence-corrected chi connectivity index (χ1v) is 9.63. The molecule has 9 nitrogen and oxygen atoms in total. The van der Waals surface area contributed by atoms with Gasteiger partial charge in [0.05, 0.1) is 13.1 Å². The molecule has 0 N–H and O–H groups in total. The van der Waals surface area contributed by atoms with Crippen LogP contribution in [0.5, 0.6) is 0 Å². The molecule has 3 fully saturated rings. The molecule has 0 aromatic heterocycles. The lowest BCUT2D eigenvalue weighted by Crippen LogP contribution is -2.67. The molecule has 0 unspecified atom stereocenters. The van der Waals surface area contributed by atoms with Crippen LogP contribution in [-0.2, 0) is 30.5 Å². The Labute approximate surface area is 167 Å². The molecule has 0 aliphatic carbocycles. The number of hydrogen-bond donors (Lipinski definition) is 0. The van der Waals surface area contributed by atoms with E-state index in [-0.39, 0.29) is 32.5 Å². The fourth-order valence-corrected chi connectivity index (χ4v) is 4.32. The number of cyclic esters (lactones) is 1. The molecule has 3 heterocycles. The normalized spacial score (nSPS) is 24.2. The van der Waals surface area contributed by atoms with Crippen molar-refractivity contribution in [2.45, 2.75) is 37.8 Å². The molecule has 3 aliphatic heterocycles. The Kier molecular flexibility index (Phi) is 4.81. The minimum Gasteiger partial charge on any atom is -0.447 e. The number of rotatable bonds is 5. The van der Waals surface area contributed by atoms with Crippen LogP contribution in [0.2, 0.25) is 0 Å². The number of carbonyl (C=O) groups is 5. The molecule has 1 aromatic rings. The van der Waals surface area contributed by atoms with Crippen molar-refractivity contribution in [1.82, 2.24) is 14.7 Å².